The first-order valence-corrected chi connectivity index (χ1v) is 4.61. The lowest BCUT2D eigenvalue weighted by atomic mass is 11.2. The van der Waals surface area contributed by atoms with Gasteiger partial charge in [-0.25, -0.2) is 18.1 Å². The maximum absolute atomic E-state index is 10.6. The fourth-order valence-corrected chi connectivity index (χ4v) is 1.46. The number of rotatable bonds is 1. The molecule has 0 N–H and O–H groups in total. The van der Waals surface area contributed by atoms with Crippen LogP contribution in [0.1, 0.15) is 0 Å². The predicted octanol–water partition coefficient (Wildman–Crippen LogP) is -0.257. The lowest BCUT2D eigenvalue weighted by molar-refractivity contribution is 0.583. The zero-order chi connectivity index (χ0) is 7.78. The zero-order valence-corrected chi connectivity index (χ0v) is 6.59. The van der Waals surface area contributed by atoms with E-state index < -0.39 is 9.05 Å². The Morgan fingerprint density at radius 3 is 2.50 bits per heavy atom. The van der Waals surface area contributed by atoms with Crippen molar-refractivity contribution in [3.05, 3.63) is 6.33 Å². The fourth-order valence-electron chi connectivity index (χ4n) is 0.506. The van der Waals surface area contributed by atoms with Crippen LogP contribution in [0.4, 0.5) is 0 Å². The van der Waals surface area contributed by atoms with Crippen molar-refractivity contribution in [3.63, 3.8) is 0 Å². The molecule has 0 saturated heterocycles. The molecule has 0 unspecified atom stereocenters. The lowest BCUT2D eigenvalue weighted by Crippen LogP contribution is -2.02. The van der Waals surface area contributed by atoms with Gasteiger partial charge >= 0.3 is 0 Å². The fraction of sp³-hybridized carbons (Fsp3) is 0.333. The third kappa shape index (κ3) is 1.27. The highest BCUT2D eigenvalue weighted by atomic mass is 35.7. The van der Waals surface area contributed by atoms with Gasteiger partial charge in [-0.2, -0.15) is 5.10 Å². The Labute approximate surface area is 62.1 Å². The number of hydrogen-bond acceptors (Lipinski definition) is 4. The van der Waals surface area contributed by atoms with Crippen LogP contribution in [0.25, 0.3) is 0 Å². The van der Waals surface area contributed by atoms with Gasteiger partial charge in [-0.05, 0) is 0 Å². The van der Waals surface area contributed by atoms with E-state index >= 15 is 0 Å². The van der Waals surface area contributed by atoms with E-state index in [2.05, 4.69) is 10.1 Å². The van der Waals surface area contributed by atoms with E-state index in [0.29, 0.717) is 0 Å². The van der Waals surface area contributed by atoms with Crippen LogP contribution in [0, 0.1) is 0 Å². The Kier molecular flexibility index (Phi) is 1.65. The van der Waals surface area contributed by atoms with Gasteiger partial charge in [0, 0.05) is 17.7 Å². The van der Waals surface area contributed by atoms with Crippen LogP contribution in [-0.2, 0) is 16.1 Å². The Bertz CT molecular complexity index is 329. The van der Waals surface area contributed by atoms with E-state index in [9.17, 15) is 8.42 Å². The number of halogens is 1. The monoisotopic (exact) mass is 181 g/mol. The predicted molar refractivity (Wildman–Crippen MR) is 34.0 cm³/mol. The van der Waals surface area contributed by atoms with Gasteiger partial charge in [0.1, 0.15) is 6.33 Å². The molecule has 1 aromatic heterocycles. The summed E-state index contributed by atoms with van der Waals surface area (Å²) in [4.78, 5) is 3.42. The minimum absolute atomic E-state index is 0.242. The molecule has 10 heavy (non-hydrogen) atoms. The average Bonchev–Trinajstić information content (AvgIpc) is 2.11. The number of aromatic nitrogens is 3. The minimum atomic E-state index is -3.73. The van der Waals surface area contributed by atoms with Gasteiger partial charge < -0.3 is 0 Å². The van der Waals surface area contributed by atoms with Crippen molar-refractivity contribution in [2.24, 2.45) is 7.05 Å². The molecule has 0 spiro atoms. The first kappa shape index (κ1) is 7.49. The van der Waals surface area contributed by atoms with Crippen LogP contribution in [0.3, 0.4) is 0 Å². The first-order chi connectivity index (χ1) is 4.52. The van der Waals surface area contributed by atoms with Gasteiger partial charge in [0.05, 0.1) is 0 Å². The molecule has 0 aliphatic heterocycles. The largest absolute Gasteiger partial charge is 0.296 e. The molecular weight excluding hydrogens is 178 g/mol. The summed E-state index contributed by atoms with van der Waals surface area (Å²) in [7, 11) is 2.67. The van der Waals surface area contributed by atoms with Crippen LogP contribution >= 0.6 is 10.7 Å². The maximum atomic E-state index is 10.6. The molecule has 5 nitrogen and oxygen atoms in total. The molecule has 0 amide bonds. The second-order valence-electron chi connectivity index (χ2n) is 1.60. The van der Waals surface area contributed by atoms with Crippen molar-refractivity contribution in [2.75, 3.05) is 0 Å². The standard InChI is InChI=1S/C3H4ClN3O2S/c1-7-3(5-2-6-7)10(4,8)9/h2H,1H3. The third-order valence-electron chi connectivity index (χ3n) is 0.888. The van der Waals surface area contributed by atoms with E-state index in [0.717, 1.165) is 11.0 Å². The smallest absolute Gasteiger partial charge is 0.239 e. The molecule has 1 rings (SSSR count). The normalized spacial score (nSPS) is 11.8. The van der Waals surface area contributed by atoms with Crippen molar-refractivity contribution >= 4 is 19.7 Å². The van der Waals surface area contributed by atoms with Crippen LogP contribution in [-0.4, -0.2) is 23.2 Å². The molecule has 1 heterocycles. The summed E-state index contributed by atoms with van der Waals surface area (Å²) in [6.07, 6.45) is 1.12. The quantitative estimate of drug-likeness (QED) is 0.560. The molecule has 7 heteroatoms. The minimum Gasteiger partial charge on any atom is -0.239 e. The van der Waals surface area contributed by atoms with Gasteiger partial charge in [0.2, 0.25) is 0 Å². The van der Waals surface area contributed by atoms with E-state index in [1.807, 2.05) is 0 Å². The summed E-state index contributed by atoms with van der Waals surface area (Å²) in [6, 6.07) is 0. The summed E-state index contributed by atoms with van der Waals surface area (Å²) in [5.74, 6) is 0. The number of hydrogen-bond donors (Lipinski definition) is 0. The van der Waals surface area contributed by atoms with Crippen molar-refractivity contribution in [1.29, 1.82) is 0 Å². The summed E-state index contributed by atoms with van der Waals surface area (Å²) in [5, 5.41) is 3.28. The molecule has 0 bridgehead atoms. The average molecular weight is 182 g/mol. The topological polar surface area (TPSA) is 64.8 Å². The second-order valence-corrected chi connectivity index (χ2v) is 4.06. The molecule has 0 aliphatic rings. The molecule has 0 atom stereocenters. The Balaban J connectivity index is 3.32. The van der Waals surface area contributed by atoms with Gasteiger partial charge in [-0.1, -0.05) is 0 Å². The summed E-state index contributed by atoms with van der Waals surface area (Å²) >= 11 is 0. The van der Waals surface area contributed by atoms with Gasteiger partial charge in [-0.15, -0.1) is 0 Å². The molecule has 0 aromatic carbocycles. The van der Waals surface area contributed by atoms with Crippen LogP contribution in [0.15, 0.2) is 11.5 Å². The van der Waals surface area contributed by atoms with Crippen LogP contribution in [0.2, 0.25) is 0 Å². The molecule has 0 radical (unpaired) electrons. The molecular formula is C3H4ClN3O2S. The Morgan fingerprint density at radius 2 is 2.30 bits per heavy atom. The molecule has 56 valence electrons. The number of nitrogens with zero attached hydrogens (tertiary/aromatic N) is 3. The van der Waals surface area contributed by atoms with Crippen LogP contribution in [0.5, 0.6) is 0 Å². The van der Waals surface area contributed by atoms with E-state index in [-0.39, 0.29) is 5.16 Å². The highest BCUT2D eigenvalue weighted by Crippen LogP contribution is 2.08. The third-order valence-corrected chi connectivity index (χ3v) is 2.11. The van der Waals surface area contributed by atoms with E-state index in [4.69, 9.17) is 10.7 Å². The second kappa shape index (κ2) is 2.21. The SMILES string of the molecule is Cn1ncnc1S(=O)(=O)Cl. The molecule has 0 aliphatic carbocycles. The molecule has 0 fully saturated rings. The highest BCUT2D eigenvalue weighted by Gasteiger charge is 2.15. The van der Waals surface area contributed by atoms with Crippen LogP contribution < -0.4 is 0 Å². The van der Waals surface area contributed by atoms with Gasteiger partial charge in [0.25, 0.3) is 14.2 Å². The van der Waals surface area contributed by atoms with Crippen molar-refractivity contribution in [3.8, 4) is 0 Å². The molecule has 1 aromatic rings. The number of aryl methyl sites for hydroxylation is 1. The van der Waals surface area contributed by atoms with Gasteiger partial charge in [-0.3, -0.25) is 0 Å². The Hall–Kier alpha value is -0.620. The highest BCUT2D eigenvalue weighted by molar-refractivity contribution is 8.13. The van der Waals surface area contributed by atoms with Gasteiger partial charge in [0.15, 0.2) is 0 Å². The van der Waals surface area contributed by atoms with Crippen molar-refractivity contribution in [2.45, 2.75) is 5.16 Å². The lowest BCUT2D eigenvalue weighted by Gasteiger charge is -1.91. The van der Waals surface area contributed by atoms with Crippen molar-refractivity contribution < 1.29 is 8.42 Å². The molecule has 0 saturated carbocycles. The van der Waals surface area contributed by atoms with E-state index in [1.165, 1.54) is 7.05 Å². The summed E-state index contributed by atoms with van der Waals surface area (Å²) in [6.45, 7) is 0. The van der Waals surface area contributed by atoms with E-state index in [1.54, 1.807) is 0 Å². The summed E-state index contributed by atoms with van der Waals surface area (Å²) in [5.41, 5.74) is 0. The maximum Gasteiger partial charge on any atom is 0.296 e. The first-order valence-electron chi connectivity index (χ1n) is 2.30. The zero-order valence-electron chi connectivity index (χ0n) is 5.02. The van der Waals surface area contributed by atoms with Crippen molar-refractivity contribution in [1.82, 2.24) is 14.8 Å². The Morgan fingerprint density at radius 1 is 1.70 bits per heavy atom. The summed E-state index contributed by atoms with van der Waals surface area (Å²) < 4.78 is 22.2.